The highest BCUT2D eigenvalue weighted by molar-refractivity contribution is 6.33. The maximum Gasteiger partial charge on any atom is 0.329 e. The molecule has 4 rings (SSSR count). The van der Waals surface area contributed by atoms with Crippen molar-refractivity contribution in [3.63, 3.8) is 0 Å². The number of H-pyrrole nitrogens is 1. The molecule has 0 bridgehead atoms. The van der Waals surface area contributed by atoms with Gasteiger partial charge in [0.2, 0.25) is 5.95 Å². The Morgan fingerprint density at radius 1 is 1.16 bits per heavy atom. The Balaban J connectivity index is 1.66. The van der Waals surface area contributed by atoms with Gasteiger partial charge in [0.15, 0.2) is 11.2 Å². The van der Waals surface area contributed by atoms with Gasteiger partial charge in [-0.3, -0.25) is 18.9 Å². The zero-order valence-corrected chi connectivity index (χ0v) is 17.3. The van der Waals surface area contributed by atoms with Gasteiger partial charge in [-0.1, -0.05) is 48.0 Å². The van der Waals surface area contributed by atoms with Gasteiger partial charge in [0, 0.05) is 17.6 Å². The van der Waals surface area contributed by atoms with Gasteiger partial charge in [-0.05, 0) is 18.2 Å². The van der Waals surface area contributed by atoms with E-state index in [1.807, 2.05) is 48.5 Å². The average Bonchev–Trinajstić information content (AvgIpc) is 3.13. The molecular formula is C21H19ClN6O3. The molecule has 0 aliphatic heterocycles. The van der Waals surface area contributed by atoms with Crippen molar-refractivity contribution in [2.24, 2.45) is 12.1 Å². The topological polar surface area (TPSA) is 106 Å². The number of rotatable bonds is 7. The maximum atomic E-state index is 12.5. The molecule has 0 radical (unpaired) electrons. The minimum absolute atomic E-state index is 0.240. The van der Waals surface area contributed by atoms with Crippen LogP contribution in [0.3, 0.4) is 0 Å². The number of halogens is 1. The molecule has 2 heterocycles. The van der Waals surface area contributed by atoms with Crippen LogP contribution in [-0.4, -0.2) is 31.9 Å². The summed E-state index contributed by atoms with van der Waals surface area (Å²) in [6.45, 7) is 0.581. The molecule has 4 aromatic rings. The Labute approximate surface area is 181 Å². The van der Waals surface area contributed by atoms with Gasteiger partial charge >= 0.3 is 5.69 Å². The SMILES string of the molecule is Cn1c(=O)[nH]c(=O)c2c1nc(NN=Cc1ccccc1Cl)n2CCOc1ccccc1. The molecule has 0 saturated carbocycles. The van der Waals surface area contributed by atoms with Crippen LogP contribution in [-0.2, 0) is 13.6 Å². The van der Waals surface area contributed by atoms with E-state index < -0.39 is 11.2 Å². The van der Waals surface area contributed by atoms with E-state index in [0.717, 1.165) is 5.56 Å². The van der Waals surface area contributed by atoms with Crippen LogP contribution in [0.25, 0.3) is 11.2 Å². The summed E-state index contributed by atoms with van der Waals surface area (Å²) >= 11 is 6.15. The van der Waals surface area contributed by atoms with E-state index in [-0.39, 0.29) is 17.8 Å². The molecule has 9 nitrogen and oxygen atoms in total. The molecule has 2 aromatic heterocycles. The number of aromatic amines is 1. The Morgan fingerprint density at radius 2 is 1.90 bits per heavy atom. The second-order valence-electron chi connectivity index (χ2n) is 6.63. The van der Waals surface area contributed by atoms with Crippen LogP contribution in [0.1, 0.15) is 5.56 Å². The molecule has 10 heteroatoms. The zero-order valence-electron chi connectivity index (χ0n) is 16.6. The average molecular weight is 439 g/mol. The molecule has 0 fully saturated rings. The van der Waals surface area contributed by atoms with E-state index in [1.54, 1.807) is 16.8 Å². The van der Waals surface area contributed by atoms with Gasteiger partial charge in [-0.25, -0.2) is 10.2 Å². The second-order valence-corrected chi connectivity index (χ2v) is 7.04. The molecule has 158 valence electrons. The molecule has 0 atom stereocenters. The highest BCUT2D eigenvalue weighted by atomic mass is 35.5. The van der Waals surface area contributed by atoms with Gasteiger partial charge in [0.05, 0.1) is 12.8 Å². The number of nitrogens with zero attached hydrogens (tertiary/aromatic N) is 4. The van der Waals surface area contributed by atoms with Crippen molar-refractivity contribution < 1.29 is 4.74 Å². The van der Waals surface area contributed by atoms with Crippen molar-refractivity contribution in [2.45, 2.75) is 6.54 Å². The van der Waals surface area contributed by atoms with Crippen molar-refractivity contribution in [3.05, 3.63) is 86.0 Å². The third-order valence-corrected chi connectivity index (χ3v) is 4.95. The smallest absolute Gasteiger partial charge is 0.329 e. The van der Waals surface area contributed by atoms with Gasteiger partial charge < -0.3 is 4.74 Å². The summed E-state index contributed by atoms with van der Waals surface area (Å²) in [7, 11) is 1.54. The molecule has 0 saturated heterocycles. The highest BCUT2D eigenvalue weighted by Gasteiger charge is 2.17. The first-order valence-electron chi connectivity index (χ1n) is 9.45. The monoisotopic (exact) mass is 438 g/mol. The number of para-hydroxylation sites is 1. The van der Waals surface area contributed by atoms with E-state index in [1.165, 1.54) is 11.6 Å². The summed E-state index contributed by atoms with van der Waals surface area (Å²) < 4.78 is 8.65. The number of hydrogen-bond donors (Lipinski definition) is 2. The molecular weight excluding hydrogens is 420 g/mol. The quantitative estimate of drug-likeness (QED) is 0.341. The van der Waals surface area contributed by atoms with Crippen molar-refractivity contribution in [1.82, 2.24) is 19.1 Å². The third kappa shape index (κ3) is 4.36. The van der Waals surface area contributed by atoms with Crippen LogP contribution in [0, 0.1) is 0 Å². The van der Waals surface area contributed by atoms with Gasteiger partial charge in [-0.2, -0.15) is 10.1 Å². The number of anilines is 1. The van der Waals surface area contributed by atoms with E-state index in [0.29, 0.717) is 23.3 Å². The number of aromatic nitrogens is 4. The fourth-order valence-electron chi connectivity index (χ4n) is 3.05. The van der Waals surface area contributed by atoms with Crippen molar-refractivity contribution in [1.29, 1.82) is 0 Å². The number of benzene rings is 2. The maximum absolute atomic E-state index is 12.5. The van der Waals surface area contributed by atoms with Crippen LogP contribution in [0.15, 0.2) is 69.3 Å². The van der Waals surface area contributed by atoms with E-state index >= 15 is 0 Å². The summed E-state index contributed by atoms with van der Waals surface area (Å²) in [4.78, 5) is 31.2. The summed E-state index contributed by atoms with van der Waals surface area (Å²) in [6.07, 6.45) is 1.55. The zero-order chi connectivity index (χ0) is 21.8. The fraction of sp³-hybridized carbons (Fsp3) is 0.143. The Kier molecular flexibility index (Phi) is 5.85. The van der Waals surface area contributed by atoms with Gasteiger partial charge in [0.1, 0.15) is 12.4 Å². The van der Waals surface area contributed by atoms with Crippen molar-refractivity contribution >= 4 is 34.9 Å². The van der Waals surface area contributed by atoms with E-state index in [9.17, 15) is 9.59 Å². The number of imidazole rings is 1. The lowest BCUT2D eigenvalue weighted by molar-refractivity contribution is 0.301. The van der Waals surface area contributed by atoms with Crippen LogP contribution in [0.5, 0.6) is 5.75 Å². The standard InChI is InChI=1S/C21H19ClN6O3/c1-27-18-17(19(29)25-21(27)30)28(11-12-31-15-8-3-2-4-9-15)20(24-18)26-23-13-14-7-5-6-10-16(14)22/h2-10,13H,11-12H2,1H3,(H,24,26)(H,25,29,30). The molecule has 0 aliphatic rings. The molecule has 0 amide bonds. The molecule has 0 unspecified atom stereocenters. The lowest BCUT2D eigenvalue weighted by Crippen LogP contribution is -2.29. The lowest BCUT2D eigenvalue weighted by Gasteiger charge is -2.10. The van der Waals surface area contributed by atoms with Crippen molar-refractivity contribution in [2.75, 3.05) is 12.0 Å². The Bertz CT molecular complexity index is 1360. The number of hydrazone groups is 1. The molecule has 0 spiro atoms. The van der Waals surface area contributed by atoms with E-state index in [4.69, 9.17) is 16.3 Å². The third-order valence-electron chi connectivity index (χ3n) is 4.61. The summed E-state index contributed by atoms with van der Waals surface area (Å²) in [5, 5.41) is 4.75. The second kappa shape index (κ2) is 8.88. The first-order valence-corrected chi connectivity index (χ1v) is 9.83. The number of aryl methyl sites for hydroxylation is 1. The Morgan fingerprint density at radius 3 is 2.68 bits per heavy atom. The highest BCUT2D eigenvalue weighted by Crippen LogP contribution is 2.17. The normalized spacial score (nSPS) is 11.3. The van der Waals surface area contributed by atoms with Gasteiger partial charge in [-0.15, -0.1) is 0 Å². The first-order chi connectivity index (χ1) is 15.0. The largest absolute Gasteiger partial charge is 0.492 e. The predicted molar refractivity (Wildman–Crippen MR) is 120 cm³/mol. The minimum Gasteiger partial charge on any atom is -0.492 e. The predicted octanol–water partition coefficient (Wildman–Crippen LogP) is 2.60. The number of ether oxygens (including phenoxy) is 1. The molecule has 2 N–H and O–H groups in total. The summed E-state index contributed by atoms with van der Waals surface area (Å²) in [5.74, 6) is 1.00. The minimum atomic E-state index is -0.547. The van der Waals surface area contributed by atoms with Crippen LogP contribution >= 0.6 is 11.6 Å². The number of hydrogen-bond acceptors (Lipinski definition) is 6. The van der Waals surface area contributed by atoms with Crippen LogP contribution < -0.4 is 21.4 Å². The molecule has 2 aromatic carbocycles. The number of fused-ring (bicyclic) bond motifs is 1. The van der Waals surface area contributed by atoms with E-state index in [2.05, 4.69) is 20.5 Å². The van der Waals surface area contributed by atoms with Crippen LogP contribution in [0.4, 0.5) is 5.95 Å². The molecule has 0 aliphatic carbocycles. The molecule has 31 heavy (non-hydrogen) atoms. The Hall–Kier alpha value is -3.85. The number of nitrogens with one attached hydrogen (secondary N) is 2. The fourth-order valence-corrected chi connectivity index (χ4v) is 3.23. The van der Waals surface area contributed by atoms with Crippen LogP contribution in [0.2, 0.25) is 5.02 Å². The lowest BCUT2D eigenvalue weighted by atomic mass is 10.2. The summed E-state index contributed by atoms with van der Waals surface area (Å²) in [5.41, 5.74) is 2.96. The van der Waals surface area contributed by atoms with Gasteiger partial charge in [0.25, 0.3) is 5.56 Å². The first kappa shape index (κ1) is 20.4. The summed E-state index contributed by atoms with van der Waals surface area (Å²) in [6, 6.07) is 16.6. The van der Waals surface area contributed by atoms with Crippen molar-refractivity contribution in [3.8, 4) is 5.75 Å².